The lowest BCUT2D eigenvalue weighted by atomic mass is 9.91. The number of carboxylic acids is 1. The van der Waals surface area contributed by atoms with Crippen LogP contribution in [-0.2, 0) is 9.53 Å². The van der Waals surface area contributed by atoms with E-state index in [0.717, 1.165) is 12.1 Å². The molecule has 0 spiro atoms. The topological polar surface area (TPSA) is 87.7 Å². The van der Waals surface area contributed by atoms with Crippen LogP contribution in [0.3, 0.4) is 0 Å². The monoisotopic (exact) mass is 490 g/mol. The van der Waals surface area contributed by atoms with E-state index in [4.69, 9.17) is 21.4 Å². The molecular formula is C22H23ClF4N2O4. The molecule has 0 heterocycles. The fraction of sp³-hybridized carbons (Fsp3) is 0.364. The highest BCUT2D eigenvalue weighted by molar-refractivity contribution is 6.30. The number of rotatable bonds is 9. The van der Waals surface area contributed by atoms with Crippen molar-refractivity contribution in [2.24, 2.45) is 0 Å². The first-order valence-corrected chi connectivity index (χ1v) is 10.4. The molecule has 0 radical (unpaired) electrons. The van der Waals surface area contributed by atoms with Crippen LogP contribution in [0.1, 0.15) is 49.8 Å². The predicted octanol–water partition coefficient (Wildman–Crippen LogP) is 6.73. The molecule has 0 saturated heterocycles. The molecule has 0 aliphatic rings. The first-order chi connectivity index (χ1) is 15.5. The van der Waals surface area contributed by atoms with Gasteiger partial charge in [0.1, 0.15) is 5.82 Å². The lowest BCUT2D eigenvalue weighted by molar-refractivity contribution is -0.222. The van der Waals surface area contributed by atoms with Crippen molar-refractivity contribution in [3.8, 4) is 0 Å². The van der Waals surface area contributed by atoms with Crippen molar-refractivity contribution in [1.29, 1.82) is 0 Å². The highest BCUT2D eigenvalue weighted by atomic mass is 35.5. The second kappa shape index (κ2) is 11.3. The molecule has 0 saturated carbocycles. The maximum absolute atomic E-state index is 14.0. The first kappa shape index (κ1) is 26.4. The predicted molar refractivity (Wildman–Crippen MR) is 116 cm³/mol. The van der Waals surface area contributed by atoms with Crippen LogP contribution in [0.4, 0.5) is 33.7 Å². The maximum atomic E-state index is 14.0. The Labute approximate surface area is 192 Å². The zero-order valence-corrected chi connectivity index (χ0v) is 18.6. The van der Waals surface area contributed by atoms with Gasteiger partial charge < -0.3 is 20.5 Å². The molecule has 6 nitrogen and oxygen atoms in total. The number of halogens is 5. The number of hydrogen-bond donors (Lipinski definition) is 3. The summed E-state index contributed by atoms with van der Waals surface area (Å²) >= 11 is 5.68. The summed E-state index contributed by atoms with van der Waals surface area (Å²) in [5.41, 5.74) is -0.415. The quantitative estimate of drug-likeness (QED) is 0.340. The van der Waals surface area contributed by atoms with Gasteiger partial charge >= 0.3 is 18.2 Å². The molecule has 33 heavy (non-hydrogen) atoms. The summed E-state index contributed by atoms with van der Waals surface area (Å²) in [4.78, 5) is 23.7. The summed E-state index contributed by atoms with van der Waals surface area (Å²) in [6.07, 6.45) is -6.95. The molecule has 0 aromatic heterocycles. The van der Waals surface area contributed by atoms with Gasteiger partial charge in [0.15, 0.2) is 6.10 Å². The van der Waals surface area contributed by atoms with Gasteiger partial charge in [0.05, 0.1) is 12.1 Å². The fourth-order valence-corrected chi connectivity index (χ4v) is 3.43. The smallest absolute Gasteiger partial charge is 0.418 e. The standard InChI is InChI=1S/C22H23ClF4N2O4/c1-3-12(10-19(30)31)13-5-7-15(20(33-4-2)22(25,26)27)18(9-13)29-21(32)28-17-8-6-14(23)11-16(17)24/h5-9,11-12,20H,3-4,10H2,1-2H3,(H,30,31)(H2,28,29,32)/t12?,20-/m0/s1. The average molecular weight is 491 g/mol. The number of amides is 2. The van der Waals surface area contributed by atoms with Crippen molar-refractivity contribution in [3.05, 3.63) is 58.4 Å². The van der Waals surface area contributed by atoms with Crippen LogP contribution >= 0.6 is 11.6 Å². The number of urea groups is 1. The molecule has 0 aliphatic heterocycles. The summed E-state index contributed by atoms with van der Waals surface area (Å²) in [5.74, 6) is -2.40. The number of benzene rings is 2. The van der Waals surface area contributed by atoms with Crippen LogP contribution in [0.5, 0.6) is 0 Å². The molecule has 180 valence electrons. The summed E-state index contributed by atoms with van der Waals surface area (Å²) in [6.45, 7) is 2.89. The lowest BCUT2D eigenvalue weighted by Gasteiger charge is -2.25. The molecule has 0 bridgehead atoms. The van der Waals surface area contributed by atoms with Crippen LogP contribution in [0.15, 0.2) is 36.4 Å². The first-order valence-electron chi connectivity index (χ1n) is 10.0. The lowest BCUT2D eigenvalue weighted by Crippen LogP contribution is -2.27. The van der Waals surface area contributed by atoms with Gasteiger partial charge in [-0.05, 0) is 49.1 Å². The minimum absolute atomic E-state index is 0.0993. The number of hydrogen-bond acceptors (Lipinski definition) is 3. The maximum Gasteiger partial charge on any atom is 0.418 e. The fourth-order valence-electron chi connectivity index (χ4n) is 3.27. The molecule has 2 aromatic rings. The molecule has 11 heteroatoms. The largest absolute Gasteiger partial charge is 0.481 e. The summed E-state index contributed by atoms with van der Waals surface area (Å²) in [7, 11) is 0. The Morgan fingerprint density at radius 1 is 1.09 bits per heavy atom. The zero-order valence-electron chi connectivity index (χ0n) is 17.8. The van der Waals surface area contributed by atoms with Crippen LogP contribution in [0.2, 0.25) is 5.02 Å². The molecule has 2 amide bonds. The van der Waals surface area contributed by atoms with Gasteiger partial charge in [0.25, 0.3) is 0 Å². The third-order valence-electron chi connectivity index (χ3n) is 4.80. The molecule has 2 rings (SSSR count). The Morgan fingerprint density at radius 2 is 1.76 bits per heavy atom. The van der Waals surface area contributed by atoms with Crippen molar-refractivity contribution >= 4 is 35.0 Å². The number of alkyl halides is 3. The molecule has 1 unspecified atom stereocenters. The third kappa shape index (κ3) is 7.33. The SMILES string of the molecule is CCO[C@@H](c1ccc(C(CC)CC(=O)O)cc1NC(=O)Nc1ccc(Cl)cc1F)C(F)(F)F. The summed E-state index contributed by atoms with van der Waals surface area (Å²) in [6, 6.07) is 6.31. The second-order valence-electron chi connectivity index (χ2n) is 7.13. The van der Waals surface area contributed by atoms with E-state index in [9.17, 15) is 27.2 Å². The van der Waals surface area contributed by atoms with Gasteiger partial charge in [-0.2, -0.15) is 13.2 Å². The normalized spacial score (nSPS) is 13.3. The van der Waals surface area contributed by atoms with Gasteiger partial charge in [0, 0.05) is 22.9 Å². The summed E-state index contributed by atoms with van der Waals surface area (Å²) in [5, 5.41) is 13.8. The van der Waals surface area contributed by atoms with E-state index in [2.05, 4.69) is 10.6 Å². The zero-order chi connectivity index (χ0) is 24.8. The van der Waals surface area contributed by atoms with E-state index in [1.165, 1.54) is 31.2 Å². The van der Waals surface area contributed by atoms with E-state index in [1.807, 2.05) is 0 Å². The van der Waals surface area contributed by atoms with Gasteiger partial charge in [-0.15, -0.1) is 0 Å². The molecule has 3 N–H and O–H groups in total. The average Bonchev–Trinajstić information content (AvgIpc) is 2.71. The molecular weight excluding hydrogens is 468 g/mol. The molecule has 0 aliphatic carbocycles. The van der Waals surface area contributed by atoms with Crippen molar-refractivity contribution in [1.82, 2.24) is 0 Å². The van der Waals surface area contributed by atoms with E-state index in [1.54, 1.807) is 6.92 Å². The van der Waals surface area contributed by atoms with E-state index >= 15 is 0 Å². The van der Waals surface area contributed by atoms with E-state index < -0.39 is 36.0 Å². The van der Waals surface area contributed by atoms with Crippen LogP contribution < -0.4 is 10.6 Å². The number of carbonyl (C=O) groups is 2. The highest BCUT2D eigenvalue weighted by Crippen LogP contribution is 2.40. The minimum Gasteiger partial charge on any atom is -0.481 e. The van der Waals surface area contributed by atoms with Crippen molar-refractivity contribution in [3.63, 3.8) is 0 Å². The van der Waals surface area contributed by atoms with Gasteiger partial charge in [-0.25, -0.2) is 9.18 Å². The van der Waals surface area contributed by atoms with Crippen molar-refractivity contribution in [2.75, 3.05) is 17.2 Å². The molecule has 2 atom stereocenters. The van der Waals surface area contributed by atoms with Gasteiger partial charge in [0.2, 0.25) is 0 Å². The number of carboxylic acid groups (broad SMARTS) is 1. The van der Waals surface area contributed by atoms with Crippen LogP contribution in [0, 0.1) is 5.82 Å². The Hall–Kier alpha value is -2.85. The number of nitrogens with one attached hydrogen (secondary N) is 2. The highest BCUT2D eigenvalue weighted by Gasteiger charge is 2.43. The minimum atomic E-state index is -4.78. The Bertz CT molecular complexity index is 1000. The number of aliphatic carboxylic acids is 1. The van der Waals surface area contributed by atoms with Gasteiger partial charge in [-0.1, -0.05) is 30.7 Å². The molecule has 0 fully saturated rings. The van der Waals surface area contributed by atoms with Crippen LogP contribution in [0.25, 0.3) is 0 Å². The molecule has 2 aromatic carbocycles. The van der Waals surface area contributed by atoms with Crippen LogP contribution in [-0.4, -0.2) is 29.9 Å². The van der Waals surface area contributed by atoms with E-state index in [-0.39, 0.29) is 35.0 Å². The van der Waals surface area contributed by atoms with Crippen molar-refractivity contribution < 1.29 is 37.0 Å². The Balaban J connectivity index is 2.46. The van der Waals surface area contributed by atoms with Gasteiger partial charge in [-0.3, -0.25) is 4.79 Å². The van der Waals surface area contributed by atoms with Crippen molar-refractivity contribution in [2.45, 2.75) is 44.9 Å². The Kier molecular flexibility index (Phi) is 9.07. The summed E-state index contributed by atoms with van der Waals surface area (Å²) < 4.78 is 59.8. The number of carbonyl (C=O) groups excluding carboxylic acids is 1. The third-order valence-corrected chi connectivity index (χ3v) is 5.04. The Morgan fingerprint density at radius 3 is 2.30 bits per heavy atom. The second-order valence-corrected chi connectivity index (χ2v) is 7.57. The number of anilines is 2. The van der Waals surface area contributed by atoms with E-state index in [0.29, 0.717) is 12.0 Å². The number of ether oxygens (including phenoxy) is 1.